The number of aryl methyl sites for hydroxylation is 2. The van der Waals surface area contributed by atoms with Crippen LogP contribution in [0, 0.1) is 20.8 Å². The van der Waals surface area contributed by atoms with Gasteiger partial charge in [-0.25, -0.2) is 0 Å². The lowest BCUT2D eigenvalue weighted by Crippen LogP contribution is -2.32. The molecule has 1 aromatic carbocycles. The van der Waals surface area contributed by atoms with Crippen molar-refractivity contribution < 1.29 is 5.11 Å². The number of aromatic nitrogens is 2. The molecule has 0 radical (unpaired) electrons. The zero-order chi connectivity index (χ0) is 20.5. The van der Waals surface area contributed by atoms with E-state index in [4.69, 9.17) is 12.2 Å². The second-order valence-corrected chi connectivity index (χ2v) is 7.93. The van der Waals surface area contributed by atoms with Gasteiger partial charge in [-0.15, -0.1) is 0 Å². The normalized spacial score (nSPS) is 18.9. The average molecular weight is 407 g/mol. The summed E-state index contributed by atoms with van der Waals surface area (Å²) < 4.78 is 2.29. The van der Waals surface area contributed by atoms with Gasteiger partial charge in [-0.2, -0.15) is 0 Å². The molecule has 0 unspecified atom stereocenters. The van der Waals surface area contributed by atoms with Crippen LogP contribution in [0.25, 0.3) is 5.69 Å². The van der Waals surface area contributed by atoms with E-state index >= 15 is 0 Å². The summed E-state index contributed by atoms with van der Waals surface area (Å²) in [5, 5.41) is 13.7. The summed E-state index contributed by atoms with van der Waals surface area (Å²) in [6.45, 7) is 6.92. The fourth-order valence-corrected chi connectivity index (χ4v) is 4.68. The maximum Gasteiger partial charge on any atom is 0.170 e. The van der Waals surface area contributed by atoms with Gasteiger partial charge in [0.15, 0.2) is 5.11 Å². The third-order valence-electron chi connectivity index (χ3n) is 5.59. The van der Waals surface area contributed by atoms with E-state index < -0.39 is 0 Å². The minimum atomic E-state index is -0.0679. The van der Waals surface area contributed by atoms with Gasteiger partial charge >= 0.3 is 0 Å². The molecule has 2 atom stereocenters. The van der Waals surface area contributed by atoms with Crippen molar-refractivity contribution in [3.63, 3.8) is 0 Å². The van der Waals surface area contributed by atoms with Crippen molar-refractivity contribution in [3.8, 4) is 5.69 Å². The third-order valence-corrected chi connectivity index (χ3v) is 5.94. The van der Waals surface area contributed by atoms with Crippen LogP contribution in [0.15, 0.2) is 54.7 Å². The van der Waals surface area contributed by atoms with Crippen LogP contribution in [0.3, 0.4) is 0 Å². The fourth-order valence-electron chi connectivity index (χ4n) is 4.34. The van der Waals surface area contributed by atoms with E-state index in [9.17, 15) is 5.11 Å². The molecule has 0 aliphatic carbocycles. The van der Waals surface area contributed by atoms with E-state index in [0.29, 0.717) is 11.7 Å². The first-order valence-corrected chi connectivity index (χ1v) is 10.3. The maximum absolute atomic E-state index is 9.65. The van der Waals surface area contributed by atoms with E-state index in [-0.39, 0.29) is 18.7 Å². The van der Waals surface area contributed by atoms with E-state index in [1.807, 2.05) is 24.4 Å². The van der Waals surface area contributed by atoms with Gasteiger partial charge in [-0.05, 0) is 74.4 Å². The van der Waals surface area contributed by atoms with Crippen LogP contribution in [0.5, 0.6) is 0 Å². The topological polar surface area (TPSA) is 53.3 Å². The number of β-amino-alcohol motifs (C(OH)–C–C–N with tert-alkyl or cyclic N) is 1. The monoisotopic (exact) mass is 406 g/mol. The van der Waals surface area contributed by atoms with Crippen molar-refractivity contribution in [1.29, 1.82) is 0 Å². The number of hydrogen-bond acceptors (Lipinski definition) is 3. The van der Waals surface area contributed by atoms with Gasteiger partial charge in [0.05, 0.1) is 24.4 Å². The highest BCUT2D eigenvalue weighted by atomic mass is 32.1. The Morgan fingerprint density at radius 2 is 1.93 bits per heavy atom. The Kier molecular flexibility index (Phi) is 5.39. The summed E-state index contributed by atoms with van der Waals surface area (Å²) in [6.07, 6.45) is 1.81. The highest BCUT2D eigenvalue weighted by molar-refractivity contribution is 7.80. The lowest BCUT2D eigenvalue weighted by atomic mass is 9.97. The first kappa shape index (κ1) is 19.6. The molecule has 2 N–H and O–H groups in total. The molecule has 150 valence electrons. The van der Waals surface area contributed by atoms with E-state index in [0.717, 1.165) is 11.4 Å². The molecule has 6 heteroatoms. The smallest absolute Gasteiger partial charge is 0.170 e. The lowest BCUT2D eigenvalue weighted by Gasteiger charge is -2.27. The standard InChI is InChI=1S/C23H26N4OS/c1-15-7-6-8-18(13-15)27-16(2)14-19(17(27)3)22-21(20-9-4-5-10-24-20)25-23(29)26(22)11-12-28/h4-10,13-14,21-22,28H,11-12H2,1-3H3,(H,25,29)/t21-,22-/m0/s1. The van der Waals surface area contributed by atoms with Crippen molar-refractivity contribution in [2.75, 3.05) is 13.2 Å². The van der Waals surface area contributed by atoms with Gasteiger partial charge in [-0.1, -0.05) is 18.2 Å². The quantitative estimate of drug-likeness (QED) is 0.632. The Morgan fingerprint density at radius 1 is 1.10 bits per heavy atom. The summed E-state index contributed by atoms with van der Waals surface area (Å²) in [7, 11) is 0. The number of hydrogen-bond donors (Lipinski definition) is 2. The Bertz CT molecular complexity index is 1030. The molecule has 29 heavy (non-hydrogen) atoms. The highest BCUT2D eigenvalue weighted by Crippen LogP contribution is 2.41. The number of aliphatic hydroxyl groups is 1. The zero-order valence-corrected chi connectivity index (χ0v) is 17.8. The van der Waals surface area contributed by atoms with Gasteiger partial charge in [0.2, 0.25) is 0 Å². The van der Waals surface area contributed by atoms with E-state index in [1.165, 1.54) is 22.5 Å². The molecule has 2 aromatic heterocycles. The van der Waals surface area contributed by atoms with Gasteiger partial charge in [-0.3, -0.25) is 4.98 Å². The Balaban J connectivity index is 1.84. The second-order valence-electron chi connectivity index (χ2n) is 7.54. The first-order valence-electron chi connectivity index (χ1n) is 9.86. The Morgan fingerprint density at radius 3 is 2.62 bits per heavy atom. The SMILES string of the molecule is Cc1cccc(-n2c(C)cc([C@H]3[C@H](c4ccccn4)NC(=S)N3CCO)c2C)c1. The van der Waals surface area contributed by atoms with Crippen molar-refractivity contribution in [1.82, 2.24) is 19.8 Å². The summed E-state index contributed by atoms with van der Waals surface area (Å²) in [4.78, 5) is 6.66. The summed E-state index contributed by atoms with van der Waals surface area (Å²) in [5.74, 6) is 0. The minimum absolute atomic E-state index is 0.0330. The maximum atomic E-state index is 9.65. The summed E-state index contributed by atoms with van der Waals surface area (Å²) in [6, 6.07) is 16.6. The molecule has 4 rings (SSSR count). The molecular formula is C23H26N4OS. The van der Waals surface area contributed by atoms with Crippen molar-refractivity contribution in [2.45, 2.75) is 32.9 Å². The Hall–Kier alpha value is -2.70. The van der Waals surface area contributed by atoms with Gasteiger partial charge in [0.1, 0.15) is 0 Å². The predicted octanol–water partition coefficient (Wildman–Crippen LogP) is 3.76. The zero-order valence-electron chi connectivity index (χ0n) is 17.0. The van der Waals surface area contributed by atoms with Gasteiger partial charge < -0.3 is 19.9 Å². The summed E-state index contributed by atoms with van der Waals surface area (Å²) in [5.41, 5.74) is 6.87. The van der Waals surface area contributed by atoms with Crippen molar-refractivity contribution >= 4 is 17.3 Å². The van der Waals surface area contributed by atoms with Gasteiger partial charge in [0.25, 0.3) is 0 Å². The van der Waals surface area contributed by atoms with Gasteiger partial charge in [0, 0.05) is 29.8 Å². The molecule has 5 nitrogen and oxygen atoms in total. The fraction of sp³-hybridized carbons (Fsp3) is 0.304. The molecule has 0 saturated carbocycles. The number of nitrogens with one attached hydrogen (secondary N) is 1. The molecule has 0 bridgehead atoms. The number of pyridine rings is 1. The number of nitrogens with zero attached hydrogens (tertiary/aromatic N) is 3. The van der Waals surface area contributed by atoms with Crippen LogP contribution >= 0.6 is 12.2 Å². The number of benzene rings is 1. The second kappa shape index (κ2) is 7.97. The van der Waals surface area contributed by atoms with Crippen molar-refractivity contribution in [3.05, 3.63) is 82.9 Å². The van der Waals surface area contributed by atoms with Crippen LogP contribution in [0.1, 0.15) is 40.3 Å². The summed E-state index contributed by atoms with van der Waals surface area (Å²) >= 11 is 5.62. The van der Waals surface area contributed by atoms with Crippen molar-refractivity contribution in [2.24, 2.45) is 0 Å². The first-order chi connectivity index (χ1) is 14.0. The molecular weight excluding hydrogens is 380 g/mol. The third kappa shape index (κ3) is 3.54. The van der Waals surface area contributed by atoms with Crippen LogP contribution in [0.2, 0.25) is 0 Å². The Labute approximate surface area is 177 Å². The number of thiocarbonyl (C=S) groups is 1. The largest absolute Gasteiger partial charge is 0.395 e. The molecule has 1 aliphatic rings. The molecule has 1 saturated heterocycles. The van der Waals surface area contributed by atoms with Crippen LogP contribution in [0.4, 0.5) is 0 Å². The molecule has 1 fully saturated rings. The van der Waals surface area contributed by atoms with E-state index in [2.05, 4.69) is 70.9 Å². The van der Waals surface area contributed by atoms with E-state index in [1.54, 1.807) is 0 Å². The van der Waals surface area contributed by atoms with Crippen LogP contribution in [-0.4, -0.2) is 37.8 Å². The highest BCUT2D eigenvalue weighted by Gasteiger charge is 2.41. The molecule has 1 aliphatic heterocycles. The van der Waals surface area contributed by atoms with Crippen LogP contribution < -0.4 is 5.32 Å². The average Bonchev–Trinajstić information content (AvgIpc) is 3.18. The molecule has 3 aromatic rings. The number of rotatable bonds is 5. The molecule has 3 heterocycles. The molecule has 0 amide bonds. The van der Waals surface area contributed by atoms with Crippen LogP contribution in [-0.2, 0) is 0 Å². The predicted molar refractivity (Wildman–Crippen MR) is 119 cm³/mol. The lowest BCUT2D eigenvalue weighted by molar-refractivity contribution is 0.223. The number of aliphatic hydroxyl groups excluding tert-OH is 1. The minimum Gasteiger partial charge on any atom is -0.395 e. The molecule has 0 spiro atoms.